The Morgan fingerprint density at radius 1 is 1.03 bits per heavy atom. The van der Waals surface area contributed by atoms with Crippen LogP contribution >= 0.6 is 11.6 Å². The first-order chi connectivity index (χ1) is 13.8. The monoisotopic (exact) mass is 413 g/mol. The van der Waals surface area contributed by atoms with Crippen molar-refractivity contribution in [3.05, 3.63) is 64.2 Å². The van der Waals surface area contributed by atoms with Gasteiger partial charge < -0.3 is 10.2 Å². The molecule has 2 amide bonds. The highest BCUT2D eigenvalue weighted by molar-refractivity contribution is 6.30. The van der Waals surface area contributed by atoms with Crippen molar-refractivity contribution in [2.24, 2.45) is 0 Å². The van der Waals surface area contributed by atoms with Gasteiger partial charge in [0, 0.05) is 30.3 Å². The molecule has 0 aliphatic heterocycles. The lowest BCUT2D eigenvalue weighted by atomic mass is 10.1. The summed E-state index contributed by atoms with van der Waals surface area (Å²) in [6.45, 7) is 4.96. The maximum Gasteiger partial charge on any atom is 0.243 e. The summed E-state index contributed by atoms with van der Waals surface area (Å²) in [6.07, 6.45) is 2.22. The van der Waals surface area contributed by atoms with E-state index in [0.717, 1.165) is 35.2 Å². The maximum absolute atomic E-state index is 12.7. The van der Waals surface area contributed by atoms with E-state index in [1.807, 2.05) is 56.3 Å². The lowest BCUT2D eigenvalue weighted by Crippen LogP contribution is -2.42. The van der Waals surface area contributed by atoms with E-state index in [4.69, 9.17) is 11.6 Å². The smallest absolute Gasteiger partial charge is 0.243 e. The van der Waals surface area contributed by atoms with E-state index < -0.39 is 0 Å². The van der Waals surface area contributed by atoms with Crippen molar-refractivity contribution in [2.75, 3.05) is 25.5 Å². The van der Waals surface area contributed by atoms with Gasteiger partial charge in [-0.3, -0.25) is 14.5 Å². The Hall–Kier alpha value is -2.37. The predicted octanol–water partition coefficient (Wildman–Crippen LogP) is 4.02. The first kappa shape index (κ1) is 21.3. The number of carbonyl (C=O) groups is 2. The summed E-state index contributed by atoms with van der Waals surface area (Å²) in [5.74, 6) is -0.239. The fraction of sp³-hybridized carbons (Fsp3) is 0.391. The van der Waals surface area contributed by atoms with Crippen LogP contribution in [0.25, 0.3) is 0 Å². The second-order valence-electron chi connectivity index (χ2n) is 7.83. The number of para-hydroxylation sites is 1. The Labute approximate surface area is 177 Å². The number of nitrogens with zero attached hydrogens (tertiary/aromatic N) is 2. The molecule has 0 spiro atoms. The Bertz CT molecular complexity index is 858. The van der Waals surface area contributed by atoms with Gasteiger partial charge in [0.1, 0.15) is 0 Å². The van der Waals surface area contributed by atoms with Gasteiger partial charge in [-0.2, -0.15) is 0 Å². The predicted molar refractivity (Wildman–Crippen MR) is 117 cm³/mol. The molecule has 0 saturated heterocycles. The van der Waals surface area contributed by atoms with E-state index in [9.17, 15) is 9.59 Å². The van der Waals surface area contributed by atoms with Gasteiger partial charge >= 0.3 is 0 Å². The van der Waals surface area contributed by atoms with Crippen molar-refractivity contribution in [1.29, 1.82) is 0 Å². The highest BCUT2D eigenvalue weighted by Gasteiger charge is 2.31. The molecule has 0 bridgehead atoms. The Morgan fingerprint density at radius 3 is 2.24 bits per heavy atom. The van der Waals surface area contributed by atoms with Crippen molar-refractivity contribution in [1.82, 2.24) is 9.80 Å². The second kappa shape index (κ2) is 9.42. The van der Waals surface area contributed by atoms with Crippen molar-refractivity contribution in [3.63, 3.8) is 0 Å². The fourth-order valence-electron chi connectivity index (χ4n) is 3.37. The molecule has 2 aromatic rings. The molecule has 5 nitrogen and oxygen atoms in total. The number of carbonyl (C=O) groups excluding carboxylic acids is 2. The van der Waals surface area contributed by atoms with Crippen LogP contribution in [0.15, 0.2) is 42.5 Å². The Kier molecular flexibility index (Phi) is 6.93. The highest BCUT2D eigenvalue weighted by Crippen LogP contribution is 2.28. The van der Waals surface area contributed by atoms with Crippen LogP contribution in [0.2, 0.25) is 5.02 Å². The minimum atomic E-state index is -0.186. The standard InChI is InChI=1S/C23H28ClN3O2/c1-16-5-4-6-17(2)23(16)25-21(28)14-26(3)22(29)15-27(20-11-12-20)13-18-7-9-19(24)10-8-18/h4-10,20H,11-15H2,1-3H3,(H,25,28). The van der Waals surface area contributed by atoms with E-state index in [0.29, 0.717) is 24.2 Å². The molecule has 1 aliphatic carbocycles. The Morgan fingerprint density at radius 2 is 1.66 bits per heavy atom. The summed E-state index contributed by atoms with van der Waals surface area (Å²) in [6, 6.07) is 14.0. The average molecular weight is 414 g/mol. The second-order valence-corrected chi connectivity index (χ2v) is 8.26. The van der Waals surface area contributed by atoms with Gasteiger partial charge in [-0.1, -0.05) is 41.9 Å². The Balaban J connectivity index is 1.55. The molecule has 1 N–H and O–H groups in total. The largest absolute Gasteiger partial charge is 0.335 e. The number of rotatable bonds is 8. The zero-order valence-corrected chi connectivity index (χ0v) is 18.0. The third kappa shape index (κ3) is 6.05. The van der Waals surface area contributed by atoms with E-state index in [-0.39, 0.29) is 18.4 Å². The van der Waals surface area contributed by atoms with Gasteiger partial charge in [-0.15, -0.1) is 0 Å². The molecular weight excluding hydrogens is 386 g/mol. The minimum absolute atomic E-state index is 0.0338. The number of hydrogen-bond donors (Lipinski definition) is 1. The molecule has 1 aliphatic rings. The molecule has 29 heavy (non-hydrogen) atoms. The summed E-state index contributed by atoms with van der Waals surface area (Å²) >= 11 is 5.96. The van der Waals surface area contributed by atoms with Gasteiger partial charge in [0.05, 0.1) is 13.1 Å². The molecule has 3 rings (SSSR count). The van der Waals surface area contributed by atoms with Crippen LogP contribution in [0.1, 0.15) is 29.5 Å². The van der Waals surface area contributed by atoms with Gasteiger partial charge in [-0.25, -0.2) is 0 Å². The lowest BCUT2D eigenvalue weighted by Gasteiger charge is -2.25. The molecular formula is C23H28ClN3O2. The van der Waals surface area contributed by atoms with Gasteiger partial charge in [0.2, 0.25) is 11.8 Å². The number of likely N-dealkylation sites (N-methyl/N-ethyl adjacent to an activating group) is 1. The third-order valence-corrected chi connectivity index (χ3v) is 5.50. The van der Waals surface area contributed by atoms with Gasteiger partial charge in [-0.05, 0) is 55.5 Å². The van der Waals surface area contributed by atoms with Crippen LogP contribution in [-0.4, -0.2) is 47.8 Å². The molecule has 6 heteroatoms. The molecule has 2 aromatic carbocycles. The summed E-state index contributed by atoms with van der Waals surface area (Å²) in [7, 11) is 1.68. The molecule has 0 unspecified atom stereocenters. The summed E-state index contributed by atoms with van der Waals surface area (Å²) in [5, 5.41) is 3.64. The van der Waals surface area contributed by atoms with Crippen LogP contribution in [0, 0.1) is 13.8 Å². The van der Waals surface area contributed by atoms with E-state index in [1.165, 1.54) is 4.90 Å². The molecule has 1 saturated carbocycles. The molecule has 0 atom stereocenters. The molecule has 154 valence electrons. The molecule has 0 radical (unpaired) electrons. The van der Waals surface area contributed by atoms with Crippen LogP contribution < -0.4 is 5.32 Å². The minimum Gasteiger partial charge on any atom is -0.335 e. The number of amides is 2. The van der Waals surface area contributed by atoms with Crippen LogP contribution in [0.4, 0.5) is 5.69 Å². The summed E-state index contributed by atoms with van der Waals surface area (Å²) in [4.78, 5) is 28.9. The quantitative estimate of drug-likeness (QED) is 0.711. The van der Waals surface area contributed by atoms with E-state index in [2.05, 4.69) is 10.2 Å². The van der Waals surface area contributed by atoms with Crippen molar-refractivity contribution in [3.8, 4) is 0 Å². The number of benzene rings is 2. The molecule has 0 aromatic heterocycles. The van der Waals surface area contributed by atoms with E-state index in [1.54, 1.807) is 7.05 Å². The van der Waals surface area contributed by atoms with Crippen molar-refractivity contribution in [2.45, 2.75) is 39.3 Å². The first-order valence-electron chi connectivity index (χ1n) is 9.92. The topological polar surface area (TPSA) is 52.7 Å². The lowest BCUT2D eigenvalue weighted by molar-refractivity contribution is -0.134. The van der Waals surface area contributed by atoms with Gasteiger partial charge in [0.15, 0.2) is 0 Å². The zero-order valence-electron chi connectivity index (χ0n) is 17.2. The normalized spacial score (nSPS) is 13.4. The van der Waals surface area contributed by atoms with Gasteiger partial charge in [0.25, 0.3) is 0 Å². The molecule has 0 heterocycles. The number of anilines is 1. The first-order valence-corrected chi connectivity index (χ1v) is 10.3. The number of hydrogen-bond acceptors (Lipinski definition) is 3. The number of halogens is 1. The average Bonchev–Trinajstić information content (AvgIpc) is 3.51. The third-order valence-electron chi connectivity index (χ3n) is 5.25. The van der Waals surface area contributed by atoms with Crippen LogP contribution in [0.5, 0.6) is 0 Å². The summed E-state index contributed by atoms with van der Waals surface area (Å²) in [5.41, 5.74) is 3.97. The molecule has 1 fully saturated rings. The van der Waals surface area contributed by atoms with E-state index >= 15 is 0 Å². The summed E-state index contributed by atoms with van der Waals surface area (Å²) < 4.78 is 0. The van der Waals surface area contributed by atoms with Crippen molar-refractivity contribution < 1.29 is 9.59 Å². The number of aryl methyl sites for hydroxylation is 2. The van der Waals surface area contributed by atoms with Crippen LogP contribution in [-0.2, 0) is 16.1 Å². The SMILES string of the molecule is Cc1cccc(C)c1NC(=O)CN(C)C(=O)CN(Cc1ccc(Cl)cc1)C1CC1. The highest BCUT2D eigenvalue weighted by atomic mass is 35.5. The number of nitrogens with one attached hydrogen (secondary N) is 1. The maximum atomic E-state index is 12.7. The fourth-order valence-corrected chi connectivity index (χ4v) is 3.49. The zero-order chi connectivity index (χ0) is 21.0. The van der Waals surface area contributed by atoms with Crippen LogP contribution in [0.3, 0.4) is 0 Å². The van der Waals surface area contributed by atoms with Crippen molar-refractivity contribution >= 4 is 29.1 Å².